The number of aryl methyl sites for hydroxylation is 1. The molecule has 2 aromatic rings. The summed E-state index contributed by atoms with van der Waals surface area (Å²) in [6, 6.07) is 6.75. The van der Waals surface area contributed by atoms with Crippen molar-refractivity contribution >= 4 is 11.4 Å². The van der Waals surface area contributed by atoms with Crippen LogP contribution < -0.4 is 4.90 Å². The number of anilines is 1. The minimum absolute atomic E-state index is 0.337. The lowest BCUT2D eigenvalue weighted by atomic mass is 9.80. The fourth-order valence-electron chi connectivity index (χ4n) is 4.71. The van der Waals surface area contributed by atoms with Gasteiger partial charge < -0.3 is 9.80 Å². The van der Waals surface area contributed by atoms with E-state index >= 15 is 0 Å². The molecule has 0 aromatic heterocycles. The van der Waals surface area contributed by atoms with Crippen LogP contribution in [0.15, 0.2) is 23.9 Å². The monoisotopic (exact) mass is 362 g/mol. The Morgan fingerprint density at radius 3 is 1.93 bits per heavy atom. The maximum Gasteiger partial charge on any atom is 0.103 e. The molecule has 0 fully saturated rings. The third-order valence-corrected chi connectivity index (χ3v) is 6.72. The molecule has 0 saturated carbocycles. The summed E-state index contributed by atoms with van der Waals surface area (Å²) in [5.74, 6) is 0. The van der Waals surface area contributed by atoms with Crippen LogP contribution in [0.4, 0.5) is 5.69 Å². The van der Waals surface area contributed by atoms with Crippen LogP contribution in [0.5, 0.6) is 0 Å². The Hall–Kier alpha value is -2.22. The van der Waals surface area contributed by atoms with Gasteiger partial charge in [0.1, 0.15) is 6.17 Å². The van der Waals surface area contributed by atoms with Gasteiger partial charge in [0.2, 0.25) is 0 Å². The number of benzene rings is 2. The number of hydrogen-bond donors (Lipinski definition) is 0. The zero-order valence-corrected chi connectivity index (χ0v) is 18.7. The fraction of sp³-hybridized carbons (Fsp3) is 0.440. The molecule has 2 heteroatoms. The van der Waals surface area contributed by atoms with Gasteiger partial charge in [-0.15, -0.1) is 0 Å². The molecule has 0 bridgehead atoms. The molecule has 2 aliphatic heterocycles. The summed E-state index contributed by atoms with van der Waals surface area (Å²) in [4.78, 5) is 4.97. The van der Waals surface area contributed by atoms with Crippen LogP contribution in [0, 0.1) is 34.6 Å². The zero-order chi connectivity index (χ0) is 20.2. The highest BCUT2D eigenvalue weighted by molar-refractivity contribution is 6.04. The second kappa shape index (κ2) is 6.74. The van der Waals surface area contributed by atoms with Gasteiger partial charge in [0.05, 0.1) is 11.4 Å². The van der Waals surface area contributed by atoms with Gasteiger partial charge in [-0.05, 0) is 81.8 Å². The van der Waals surface area contributed by atoms with Gasteiger partial charge in [-0.25, -0.2) is 0 Å². The highest BCUT2D eigenvalue weighted by atomic mass is 15.4. The van der Waals surface area contributed by atoms with E-state index in [1.807, 2.05) is 13.8 Å². The molecule has 0 saturated heterocycles. The van der Waals surface area contributed by atoms with Crippen molar-refractivity contribution in [1.29, 1.82) is 0 Å². The zero-order valence-electron chi connectivity index (χ0n) is 18.7. The molecule has 4 rings (SSSR count). The highest BCUT2D eigenvalue weighted by Crippen LogP contribution is 2.53. The number of hydrogen-bond acceptors (Lipinski definition) is 2. The number of allylic oxidation sites excluding steroid dienone is 1. The Balaban J connectivity index is 0.00000102. The first-order chi connectivity index (χ1) is 12.8. The highest BCUT2D eigenvalue weighted by Gasteiger charge is 2.40. The molecule has 0 amide bonds. The standard InChI is InChI=1S/C23H28N2.C2H6/c1-12-10-9-11-19-20-15(4)13(2)14(3)16(5)21(20)23-17(6)24(8)18(7)25(23)22(12)19;1-2/h9-11,18H,1-8H3;1-2H3. The fourth-order valence-corrected chi connectivity index (χ4v) is 4.71. The van der Waals surface area contributed by atoms with Crippen molar-refractivity contribution in [3.63, 3.8) is 0 Å². The predicted molar refractivity (Wildman–Crippen MR) is 119 cm³/mol. The first-order valence-corrected chi connectivity index (χ1v) is 10.2. The average molecular weight is 363 g/mol. The Morgan fingerprint density at radius 2 is 1.33 bits per heavy atom. The lowest BCUT2D eigenvalue weighted by Gasteiger charge is -2.38. The van der Waals surface area contributed by atoms with Crippen LogP contribution in [0.25, 0.3) is 16.8 Å². The molecule has 2 aromatic carbocycles. The minimum atomic E-state index is 0.337. The lowest BCUT2D eigenvalue weighted by Crippen LogP contribution is -2.37. The van der Waals surface area contributed by atoms with Gasteiger partial charge in [0, 0.05) is 23.9 Å². The van der Waals surface area contributed by atoms with Crippen molar-refractivity contribution in [2.75, 3.05) is 11.9 Å². The largest absolute Gasteiger partial charge is 0.356 e. The van der Waals surface area contributed by atoms with Gasteiger partial charge in [0.15, 0.2) is 0 Å². The number of rotatable bonds is 0. The van der Waals surface area contributed by atoms with Gasteiger partial charge >= 0.3 is 0 Å². The third kappa shape index (κ3) is 2.46. The second-order valence-corrected chi connectivity index (χ2v) is 7.77. The molecule has 0 aliphatic carbocycles. The summed E-state index contributed by atoms with van der Waals surface area (Å²) in [6.45, 7) is 19.9. The average Bonchev–Trinajstić information content (AvgIpc) is 2.89. The molecule has 27 heavy (non-hydrogen) atoms. The lowest BCUT2D eigenvalue weighted by molar-refractivity contribution is 0.357. The molecule has 2 aliphatic rings. The van der Waals surface area contributed by atoms with Crippen molar-refractivity contribution in [3.8, 4) is 11.1 Å². The molecule has 0 N–H and O–H groups in total. The quantitative estimate of drug-likeness (QED) is 0.513. The Labute approximate surface area is 165 Å². The summed E-state index contributed by atoms with van der Waals surface area (Å²) in [5.41, 5.74) is 15.5. The molecule has 0 spiro atoms. The van der Waals surface area contributed by atoms with E-state index in [9.17, 15) is 0 Å². The van der Waals surface area contributed by atoms with Crippen LogP contribution in [0.3, 0.4) is 0 Å². The van der Waals surface area contributed by atoms with E-state index in [2.05, 4.69) is 83.5 Å². The normalized spacial score (nSPS) is 17.3. The Kier molecular flexibility index (Phi) is 4.88. The molecule has 1 atom stereocenters. The molecular weight excluding hydrogens is 328 g/mol. The van der Waals surface area contributed by atoms with Crippen LogP contribution >= 0.6 is 0 Å². The van der Waals surface area contributed by atoms with Crippen molar-refractivity contribution in [1.82, 2.24) is 4.90 Å². The first kappa shape index (κ1) is 19.5. The van der Waals surface area contributed by atoms with E-state index in [4.69, 9.17) is 0 Å². The SMILES string of the molecule is CC.CC1=C2c3c(C)c(C)c(C)c(C)c3-c3cccc(C)c3N2C(C)N1C. The summed E-state index contributed by atoms with van der Waals surface area (Å²) >= 11 is 0. The van der Waals surface area contributed by atoms with Crippen LogP contribution in [0.1, 0.15) is 61.1 Å². The van der Waals surface area contributed by atoms with Gasteiger partial charge in [-0.2, -0.15) is 0 Å². The maximum atomic E-state index is 2.56. The van der Waals surface area contributed by atoms with Crippen LogP contribution in [-0.4, -0.2) is 18.1 Å². The molecule has 2 nitrogen and oxygen atoms in total. The summed E-state index contributed by atoms with van der Waals surface area (Å²) in [5, 5.41) is 0. The Bertz CT molecular complexity index is 950. The van der Waals surface area contributed by atoms with Crippen molar-refractivity contribution in [3.05, 3.63) is 57.3 Å². The van der Waals surface area contributed by atoms with E-state index in [1.165, 1.54) is 61.6 Å². The van der Waals surface area contributed by atoms with Crippen molar-refractivity contribution in [2.24, 2.45) is 0 Å². The summed E-state index contributed by atoms with van der Waals surface area (Å²) in [7, 11) is 2.21. The second-order valence-electron chi connectivity index (χ2n) is 7.77. The molecule has 1 unspecified atom stereocenters. The minimum Gasteiger partial charge on any atom is -0.356 e. The smallest absolute Gasteiger partial charge is 0.103 e. The Morgan fingerprint density at radius 1 is 0.778 bits per heavy atom. The summed E-state index contributed by atoms with van der Waals surface area (Å²) < 4.78 is 0. The van der Waals surface area contributed by atoms with E-state index in [0.717, 1.165) is 0 Å². The number of fused-ring (bicyclic) bond motifs is 6. The molecule has 2 heterocycles. The van der Waals surface area contributed by atoms with Gasteiger partial charge in [-0.3, -0.25) is 0 Å². The van der Waals surface area contributed by atoms with E-state index < -0.39 is 0 Å². The topological polar surface area (TPSA) is 6.48 Å². The molecule has 144 valence electrons. The van der Waals surface area contributed by atoms with Gasteiger partial charge in [-0.1, -0.05) is 32.0 Å². The molecule has 0 radical (unpaired) electrons. The van der Waals surface area contributed by atoms with Gasteiger partial charge in [0.25, 0.3) is 0 Å². The van der Waals surface area contributed by atoms with Crippen molar-refractivity contribution < 1.29 is 0 Å². The van der Waals surface area contributed by atoms with E-state index in [1.54, 1.807) is 0 Å². The molecular formula is C25H34N2. The first-order valence-electron chi connectivity index (χ1n) is 10.2. The predicted octanol–water partition coefficient (Wildman–Crippen LogP) is 6.72. The van der Waals surface area contributed by atoms with E-state index in [0.29, 0.717) is 6.17 Å². The number of nitrogens with zero attached hydrogens (tertiary/aromatic N) is 2. The van der Waals surface area contributed by atoms with Crippen LogP contribution in [0.2, 0.25) is 0 Å². The summed E-state index contributed by atoms with van der Waals surface area (Å²) in [6.07, 6.45) is 0.337. The number of para-hydroxylation sites is 1. The van der Waals surface area contributed by atoms with Crippen LogP contribution in [-0.2, 0) is 0 Å². The third-order valence-electron chi connectivity index (χ3n) is 6.72. The maximum absolute atomic E-state index is 2.56. The van der Waals surface area contributed by atoms with Crippen molar-refractivity contribution in [2.45, 2.75) is 68.5 Å². The van der Waals surface area contributed by atoms with E-state index in [-0.39, 0.29) is 0 Å².